The second-order valence-electron chi connectivity index (χ2n) is 5.58. The van der Waals surface area contributed by atoms with Gasteiger partial charge in [-0.15, -0.1) is 0 Å². The molecule has 3 rings (SSSR count). The van der Waals surface area contributed by atoms with E-state index in [0.717, 1.165) is 16.1 Å². The van der Waals surface area contributed by atoms with Gasteiger partial charge >= 0.3 is 6.18 Å². The average Bonchev–Trinajstić information content (AvgIpc) is 2.83. The Morgan fingerprint density at radius 2 is 1.92 bits per heavy atom. The third-order valence-electron chi connectivity index (χ3n) is 3.74. The van der Waals surface area contributed by atoms with E-state index in [-0.39, 0.29) is 11.4 Å². The first-order valence-electron chi connectivity index (χ1n) is 7.31. The van der Waals surface area contributed by atoms with E-state index in [1.54, 1.807) is 17.5 Å². The van der Waals surface area contributed by atoms with E-state index in [0.29, 0.717) is 11.3 Å². The standard InChI is InChI=1S/C17H13BrF3N3O/c1-9-7-11(18)8-24-14(10(2)22-15(9)24)16(25)23-13-6-4-3-5-12(13)17(19,20)21/h3-8H,1-2H3,(H,23,25). The molecule has 2 heterocycles. The summed E-state index contributed by atoms with van der Waals surface area (Å²) in [5, 5.41) is 2.36. The van der Waals surface area contributed by atoms with E-state index in [2.05, 4.69) is 26.2 Å². The zero-order valence-electron chi connectivity index (χ0n) is 13.3. The SMILES string of the molecule is Cc1nc2c(C)cc(Br)cn2c1C(=O)Nc1ccccc1C(F)(F)F. The van der Waals surface area contributed by atoms with Gasteiger partial charge in [-0.3, -0.25) is 9.20 Å². The first kappa shape index (κ1) is 17.5. The largest absolute Gasteiger partial charge is 0.418 e. The number of aryl methyl sites for hydroxylation is 2. The molecule has 1 N–H and O–H groups in total. The minimum Gasteiger partial charge on any atom is -0.320 e. The summed E-state index contributed by atoms with van der Waals surface area (Å²) < 4.78 is 41.6. The minimum absolute atomic E-state index is 0.191. The number of imidazole rings is 1. The number of alkyl halides is 3. The van der Waals surface area contributed by atoms with Crippen molar-refractivity contribution in [3.8, 4) is 0 Å². The number of carbonyl (C=O) groups is 1. The van der Waals surface area contributed by atoms with E-state index in [1.165, 1.54) is 18.2 Å². The van der Waals surface area contributed by atoms with Crippen LogP contribution >= 0.6 is 15.9 Å². The maximum atomic E-state index is 13.1. The molecule has 2 aromatic heterocycles. The van der Waals surface area contributed by atoms with Gasteiger partial charge in [0.05, 0.1) is 16.9 Å². The van der Waals surface area contributed by atoms with Gasteiger partial charge in [-0.25, -0.2) is 4.98 Å². The zero-order valence-corrected chi connectivity index (χ0v) is 14.9. The van der Waals surface area contributed by atoms with Crippen molar-refractivity contribution in [2.24, 2.45) is 0 Å². The fourth-order valence-corrected chi connectivity index (χ4v) is 3.22. The highest BCUT2D eigenvalue weighted by atomic mass is 79.9. The molecule has 0 radical (unpaired) electrons. The second-order valence-corrected chi connectivity index (χ2v) is 6.49. The number of hydrogen-bond acceptors (Lipinski definition) is 2. The van der Waals surface area contributed by atoms with E-state index in [4.69, 9.17) is 0 Å². The van der Waals surface area contributed by atoms with Crippen LogP contribution in [0.1, 0.15) is 27.3 Å². The van der Waals surface area contributed by atoms with Crippen molar-refractivity contribution in [1.29, 1.82) is 0 Å². The van der Waals surface area contributed by atoms with Gasteiger partial charge in [0.2, 0.25) is 0 Å². The molecule has 0 aliphatic heterocycles. The number of halogens is 4. The van der Waals surface area contributed by atoms with Gasteiger partial charge < -0.3 is 5.32 Å². The Hall–Kier alpha value is -2.35. The molecule has 3 aromatic rings. The predicted molar refractivity (Wildman–Crippen MR) is 91.8 cm³/mol. The number of nitrogens with one attached hydrogen (secondary N) is 1. The van der Waals surface area contributed by atoms with E-state index >= 15 is 0 Å². The lowest BCUT2D eigenvalue weighted by Gasteiger charge is -2.13. The molecule has 0 saturated carbocycles. The Bertz CT molecular complexity index is 979. The lowest BCUT2D eigenvalue weighted by atomic mass is 10.1. The molecule has 25 heavy (non-hydrogen) atoms. The number of nitrogens with zero attached hydrogens (tertiary/aromatic N) is 2. The van der Waals surface area contributed by atoms with Crippen molar-refractivity contribution < 1.29 is 18.0 Å². The van der Waals surface area contributed by atoms with Gasteiger partial charge in [-0.05, 0) is 53.5 Å². The van der Waals surface area contributed by atoms with E-state index in [9.17, 15) is 18.0 Å². The molecule has 0 unspecified atom stereocenters. The minimum atomic E-state index is -4.56. The van der Waals surface area contributed by atoms with Gasteiger partial charge in [-0.2, -0.15) is 13.2 Å². The summed E-state index contributed by atoms with van der Waals surface area (Å²) in [6.07, 6.45) is -2.90. The smallest absolute Gasteiger partial charge is 0.320 e. The highest BCUT2D eigenvalue weighted by Crippen LogP contribution is 2.34. The molecule has 1 aromatic carbocycles. The van der Waals surface area contributed by atoms with Crippen LogP contribution in [0.2, 0.25) is 0 Å². The molecule has 0 aliphatic carbocycles. The predicted octanol–water partition coefficient (Wildman–Crippen LogP) is 4.98. The maximum Gasteiger partial charge on any atom is 0.418 e. The lowest BCUT2D eigenvalue weighted by Crippen LogP contribution is -2.19. The zero-order chi connectivity index (χ0) is 18.4. The van der Waals surface area contributed by atoms with Crippen LogP contribution in [0, 0.1) is 13.8 Å². The molecule has 0 bridgehead atoms. The summed E-state index contributed by atoms with van der Waals surface area (Å²) in [4.78, 5) is 17.0. The summed E-state index contributed by atoms with van der Waals surface area (Å²) in [6, 6.07) is 6.71. The fourth-order valence-electron chi connectivity index (χ4n) is 2.68. The highest BCUT2D eigenvalue weighted by Gasteiger charge is 2.34. The van der Waals surface area contributed by atoms with Crippen LogP contribution in [-0.2, 0) is 6.18 Å². The molecule has 4 nitrogen and oxygen atoms in total. The molecule has 0 aliphatic rings. The number of para-hydroxylation sites is 1. The van der Waals surface area contributed by atoms with Crippen LogP contribution in [0.15, 0.2) is 41.0 Å². The van der Waals surface area contributed by atoms with Crippen LogP contribution in [0.25, 0.3) is 5.65 Å². The number of benzene rings is 1. The first-order chi connectivity index (χ1) is 11.7. The summed E-state index contributed by atoms with van der Waals surface area (Å²) in [7, 11) is 0. The number of anilines is 1. The first-order valence-corrected chi connectivity index (χ1v) is 8.10. The lowest BCUT2D eigenvalue weighted by molar-refractivity contribution is -0.136. The number of amides is 1. The van der Waals surface area contributed by atoms with Crippen molar-refractivity contribution >= 4 is 33.2 Å². The van der Waals surface area contributed by atoms with Crippen molar-refractivity contribution in [2.75, 3.05) is 5.32 Å². The average molecular weight is 412 g/mol. The molecular weight excluding hydrogens is 399 g/mol. The van der Waals surface area contributed by atoms with Gasteiger partial charge in [-0.1, -0.05) is 12.1 Å². The molecule has 1 amide bonds. The third kappa shape index (κ3) is 3.26. The van der Waals surface area contributed by atoms with Crippen LogP contribution in [0.5, 0.6) is 0 Å². The molecule has 0 atom stereocenters. The quantitative estimate of drug-likeness (QED) is 0.645. The normalized spacial score (nSPS) is 11.8. The Morgan fingerprint density at radius 1 is 1.24 bits per heavy atom. The van der Waals surface area contributed by atoms with Gasteiger partial charge in [0.15, 0.2) is 0 Å². The summed E-state index contributed by atoms with van der Waals surface area (Å²) in [5.41, 5.74) is 0.856. The van der Waals surface area contributed by atoms with E-state index < -0.39 is 17.6 Å². The molecule has 8 heteroatoms. The van der Waals surface area contributed by atoms with E-state index in [1.807, 2.05) is 13.0 Å². The number of pyridine rings is 1. The summed E-state index contributed by atoms with van der Waals surface area (Å²) in [6.45, 7) is 3.48. The van der Waals surface area contributed by atoms with Gasteiger partial charge in [0.25, 0.3) is 5.91 Å². The van der Waals surface area contributed by atoms with Crippen LogP contribution in [-0.4, -0.2) is 15.3 Å². The number of aromatic nitrogens is 2. The molecular formula is C17H13BrF3N3O. The number of carbonyl (C=O) groups excluding carboxylic acids is 1. The second kappa shape index (κ2) is 6.18. The molecule has 0 fully saturated rings. The van der Waals surface area contributed by atoms with Crippen molar-refractivity contribution in [2.45, 2.75) is 20.0 Å². The fraction of sp³-hybridized carbons (Fsp3) is 0.176. The van der Waals surface area contributed by atoms with Gasteiger partial charge in [0.1, 0.15) is 11.3 Å². The molecule has 0 spiro atoms. The number of rotatable bonds is 2. The maximum absolute atomic E-state index is 13.1. The molecule has 130 valence electrons. The van der Waals surface area contributed by atoms with Crippen molar-refractivity contribution in [1.82, 2.24) is 9.38 Å². The summed E-state index contributed by atoms with van der Waals surface area (Å²) in [5.74, 6) is -0.654. The highest BCUT2D eigenvalue weighted by molar-refractivity contribution is 9.10. The van der Waals surface area contributed by atoms with Crippen molar-refractivity contribution in [3.05, 3.63) is 63.5 Å². The topological polar surface area (TPSA) is 46.4 Å². The van der Waals surface area contributed by atoms with Crippen LogP contribution < -0.4 is 5.32 Å². The van der Waals surface area contributed by atoms with Crippen molar-refractivity contribution in [3.63, 3.8) is 0 Å². The van der Waals surface area contributed by atoms with Crippen LogP contribution in [0.4, 0.5) is 18.9 Å². The van der Waals surface area contributed by atoms with Gasteiger partial charge in [0, 0.05) is 10.7 Å². The Morgan fingerprint density at radius 3 is 2.60 bits per heavy atom. The Balaban J connectivity index is 2.07. The Kier molecular flexibility index (Phi) is 4.32. The molecule has 0 saturated heterocycles. The summed E-state index contributed by atoms with van der Waals surface area (Å²) >= 11 is 3.35. The van der Waals surface area contributed by atoms with Crippen LogP contribution in [0.3, 0.4) is 0 Å². The number of fused-ring (bicyclic) bond motifs is 1. The monoisotopic (exact) mass is 411 g/mol. The third-order valence-corrected chi connectivity index (χ3v) is 4.17. The Labute approximate surface area is 149 Å². The number of hydrogen-bond donors (Lipinski definition) is 1.